The van der Waals surface area contributed by atoms with E-state index in [1.165, 1.54) is 6.92 Å². The van der Waals surface area contributed by atoms with E-state index in [9.17, 15) is 9.90 Å². The molecule has 0 bridgehead atoms. The third-order valence-corrected chi connectivity index (χ3v) is 3.43. The minimum absolute atomic E-state index is 0.0168. The Morgan fingerprint density at radius 2 is 2.33 bits per heavy atom. The van der Waals surface area contributed by atoms with Gasteiger partial charge in [-0.3, -0.25) is 9.69 Å². The molecule has 18 heavy (non-hydrogen) atoms. The number of ether oxygens (including phenoxy) is 1. The summed E-state index contributed by atoms with van der Waals surface area (Å²) in [7, 11) is 2.01. The second-order valence-electron chi connectivity index (χ2n) is 4.83. The fourth-order valence-electron chi connectivity index (χ4n) is 2.20. The van der Waals surface area contributed by atoms with Gasteiger partial charge in [-0.15, -0.1) is 0 Å². The van der Waals surface area contributed by atoms with E-state index in [2.05, 4.69) is 4.90 Å². The van der Waals surface area contributed by atoms with Crippen LogP contribution in [0, 0.1) is 0 Å². The van der Waals surface area contributed by atoms with Gasteiger partial charge in [-0.2, -0.15) is 0 Å². The summed E-state index contributed by atoms with van der Waals surface area (Å²) < 4.78 is 5.35. The number of phenols is 1. The van der Waals surface area contributed by atoms with E-state index < -0.39 is 0 Å². The van der Waals surface area contributed by atoms with Gasteiger partial charge in [0.15, 0.2) is 5.78 Å². The van der Waals surface area contributed by atoms with Gasteiger partial charge in [0.1, 0.15) is 5.75 Å². The van der Waals surface area contributed by atoms with Crippen molar-refractivity contribution in [1.29, 1.82) is 0 Å². The maximum absolute atomic E-state index is 11.3. The SMILES string of the molecule is CC(=O)c1ccc(O)c(CN(C)C2CCOC2)c1. The van der Waals surface area contributed by atoms with E-state index in [0.717, 1.165) is 25.2 Å². The van der Waals surface area contributed by atoms with Crippen LogP contribution in [0.25, 0.3) is 0 Å². The van der Waals surface area contributed by atoms with E-state index in [1.54, 1.807) is 18.2 Å². The van der Waals surface area contributed by atoms with Gasteiger partial charge < -0.3 is 9.84 Å². The second-order valence-corrected chi connectivity index (χ2v) is 4.83. The predicted molar refractivity (Wildman–Crippen MR) is 68.8 cm³/mol. The van der Waals surface area contributed by atoms with Crippen molar-refractivity contribution in [2.75, 3.05) is 20.3 Å². The summed E-state index contributed by atoms with van der Waals surface area (Å²) in [6, 6.07) is 5.40. The highest BCUT2D eigenvalue weighted by molar-refractivity contribution is 5.94. The number of carbonyl (C=O) groups excluding carboxylic acids is 1. The summed E-state index contributed by atoms with van der Waals surface area (Å²) >= 11 is 0. The number of aromatic hydroxyl groups is 1. The summed E-state index contributed by atoms with van der Waals surface area (Å²) in [6.45, 7) is 3.70. The van der Waals surface area contributed by atoms with Crippen LogP contribution in [0.5, 0.6) is 5.75 Å². The molecule has 4 heteroatoms. The highest BCUT2D eigenvalue weighted by atomic mass is 16.5. The van der Waals surface area contributed by atoms with Crippen LogP contribution >= 0.6 is 0 Å². The fourth-order valence-corrected chi connectivity index (χ4v) is 2.20. The number of ketones is 1. The molecule has 1 atom stereocenters. The van der Waals surface area contributed by atoms with Crippen molar-refractivity contribution >= 4 is 5.78 Å². The highest BCUT2D eigenvalue weighted by Gasteiger charge is 2.21. The lowest BCUT2D eigenvalue weighted by molar-refractivity contribution is 0.101. The van der Waals surface area contributed by atoms with Gasteiger partial charge in [-0.25, -0.2) is 0 Å². The van der Waals surface area contributed by atoms with Gasteiger partial charge >= 0.3 is 0 Å². The van der Waals surface area contributed by atoms with Crippen molar-refractivity contribution in [2.45, 2.75) is 25.9 Å². The molecule has 1 unspecified atom stereocenters. The standard InChI is InChI=1S/C14H19NO3/c1-10(16)11-3-4-14(17)12(7-11)8-15(2)13-5-6-18-9-13/h3-4,7,13,17H,5-6,8-9H2,1-2H3. The van der Waals surface area contributed by atoms with Crippen molar-refractivity contribution < 1.29 is 14.6 Å². The van der Waals surface area contributed by atoms with Crippen LogP contribution in [0.2, 0.25) is 0 Å². The van der Waals surface area contributed by atoms with Gasteiger partial charge in [-0.05, 0) is 38.6 Å². The lowest BCUT2D eigenvalue weighted by atomic mass is 10.1. The predicted octanol–water partition coefficient (Wildman–Crippen LogP) is 1.82. The first kappa shape index (κ1) is 13.1. The zero-order valence-electron chi connectivity index (χ0n) is 10.8. The van der Waals surface area contributed by atoms with E-state index in [-0.39, 0.29) is 11.5 Å². The molecule has 0 spiro atoms. The molecule has 98 valence electrons. The largest absolute Gasteiger partial charge is 0.508 e. The molecule has 1 fully saturated rings. The lowest BCUT2D eigenvalue weighted by Crippen LogP contribution is -2.31. The van der Waals surface area contributed by atoms with Gasteiger partial charge in [0.2, 0.25) is 0 Å². The minimum atomic E-state index is 0.0168. The van der Waals surface area contributed by atoms with Crippen molar-refractivity contribution in [1.82, 2.24) is 4.90 Å². The maximum Gasteiger partial charge on any atom is 0.159 e. The Morgan fingerprint density at radius 1 is 1.56 bits per heavy atom. The zero-order chi connectivity index (χ0) is 13.1. The molecular formula is C14H19NO3. The van der Waals surface area contributed by atoms with Crippen LogP contribution < -0.4 is 0 Å². The third kappa shape index (κ3) is 2.89. The van der Waals surface area contributed by atoms with Gasteiger partial charge in [0, 0.05) is 30.3 Å². The Morgan fingerprint density at radius 3 is 2.94 bits per heavy atom. The quantitative estimate of drug-likeness (QED) is 0.827. The summed E-state index contributed by atoms with van der Waals surface area (Å²) in [4.78, 5) is 13.5. The maximum atomic E-state index is 11.3. The average Bonchev–Trinajstić information content (AvgIpc) is 2.85. The molecule has 1 aliphatic heterocycles. The molecule has 0 amide bonds. The van der Waals surface area contributed by atoms with Crippen molar-refractivity contribution in [2.24, 2.45) is 0 Å². The first-order chi connectivity index (χ1) is 8.58. The zero-order valence-corrected chi connectivity index (χ0v) is 10.8. The number of benzene rings is 1. The normalized spacial score (nSPS) is 19.4. The Hall–Kier alpha value is -1.39. The van der Waals surface area contributed by atoms with Crippen molar-refractivity contribution in [3.8, 4) is 5.75 Å². The molecule has 0 aromatic heterocycles. The summed E-state index contributed by atoms with van der Waals surface area (Å²) in [5.41, 5.74) is 1.43. The number of Topliss-reactive ketones (excluding diaryl/α,β-unsaturated/α-hetero) is 1. The number of likely N-dealkylation sites (N-methyl/N-ethyl adjacent to an activating group) is 1. The van der Waals surface area contributed by atoms with E-state index in [1.807, 2.05) is 7.05 Å². The topological polar surface area (TPSA) is 49.8 Å². The number of hydrogen-bond acceptors (Lipinski definition) is 4. The molecule has 2 rings (SSSR count). The molecular weight excluding hydrogens is 230 g/mol. The first-order valence-electron chi connectivity index (χ1n) is 6.18. The lowest BCUT2D eigenvalue weighted by Gasteiger charge is -2.23. The van der Waals surface area contributed by atoms with Crippen LogP contribution in [0.15, 0.2) is 18.2 Å². The molecule has 1 aromatic carbocycles. The molecule has 1 aliphatic rings. The van der Waals surface area contributed by atoms with Crippen LogP contribution in [0.1, 0.15) is 29.3 Å². The van der Waals surface area contributed by atoms with Gasteiger partial charge in [0.25, 0.3) is 0 Å². The highest BCUT2D eigenvalue weighted by Crippen LogP contribution is 2.22. The Labute approximate surface area is 107 Å². The van der Waals surface area contributed by atoms with Crippen molar-refractivity contribution in [3.63, 3.8) is 0 Å². The number of carbonyl (C=O) groups is 1. The van der Waals surface area contributed by atoms with E-state index in [4.69, 9.17) is 4.74 Å². The molecule has 0 aliphatic carbocycles. The van der Waals surface area contributed by atoms with Gasteiger partial charge in [0.05, 0.1) is 6.61 Å². The molecule has 1 aromatic rings. The molecule has 0 radical (unpaired) electrons. The fraction of sp³-hybridized carbons (Fsp3) is 0.500. The minimum Gasteiger partial charge on any atom is -0.508 e. The van der Waals surface area contributed by atoms with Crippen LogP contribution in [-0.2, 0) is 11.3 Å². The van der Waals surface area contributed by atoms with E-state index in [0.29, 0.717) is 18.2 Å². The number of rotatable bonds is 4. The molecule has 0 saturated carbocycles. The smallest absolute Gasteiger partial charge is 0.159 e. The summed E-state index contributed by atoms with van der Waals surface area (Å²) in [5, 5.41) is 9.84. The monoisotopic (exact) mass is 249 g/mol. The molecule has 1 N–H and O–H groups in total. The summed E-state index contributed by atoms with van der Waals surface area (Å²) in [6.07, 6.45) is 1.02. The Bertz CT molecular complexity index is 439. The van der Waals surface area contributed by atoms with E-state index >= 15 is 0 Å². The van der Waals surface area contributed by atoms with Crippen molar-refractivity contribution in [3.05, 3.63) is 29.3 Å². The average molecular weight is 249 g/mol. The van der Waals surface area contributed by atoms with Crippen LogP contribution in [-0.4, -0.2) is 42.1 Å². The molecule has 4 nitrogen and oxygen atoms in total. The van der Waals surface area contributed by atoms with Gasteiger partial charge in [-0.1, -0.05) is 0 Å². The molecule has 1 saturated heterocycles. The second kappa shape index (κ2) is 5.50. The number of hydrogen-bond donors (Lipinski definition) is 1. The van der Waals surface area contributed by atoms with Crippen LogP contribution in [0.3, 0.4) is 0 Å². The molecule has 1 heterocycles. The Balaban J connectivity index is 2.12. The Kier molecular flexibility index (Phi) is 3.99. The number of phenolic OH excluding ortho intramolecular Hbond substituents is 1. The van der Waals surface area contributed by atoms with Crippen LogP contribution in [0.4, 0.5) is 0 Å². The number of nitrogens with zero attached hydrogens (tertiary/aromatic N) is 1. The third-order valence-electron chi connectivity index (χ3n) is 3.43. The first-order valence-corrected chi connectivity index (χ1v) is 6.18. The summed E-state index contributed by atoms with van der Waals surface area (Å²) in [5.74, 6) is 0.258.